The topological polar surface area (TPSA) is 66.5 Å². The zero-order chi connectivity index (χ0) is 16.4. The maximum atomic E-state index is 4.47. The molecule has 0 atom stereocenters. The fourth-order valence-electron chi connectivity index (χ4n) is 3.16. The molecule has 0 radical (unpaired) electrons. The second kappa shape index (κ2) is 6.57. The van der Waals surface area contributed by atoms with Crippen molar-refractivity contribution < 1.29 is 0 Å². The Morgan fingerprint density at radius 3 is 3.12 bits per heavy atom. The minimum Gasteiger partial charge on any atom is -0.366 e. The fourth-order valence-corrected chi connectivity index (χ4v) is 4.39. The van der Waals surface area contributed by atoms with E-state index in [-0.39, 0.29) is 0 Å². The number of hydrogen-bond acceptors (Lipinski definition) is 5. The summed E-state index contributed by atoms with van der Waals surface area (Å²) in [7, 11) is 0. The maximum Gasteiger partial charge on any atom is 0.138 e. The lowest BCUT2D eigenvalue weighted by Crippen LogP contribution is -2.04. The molecule has 0 aromatic carbocycles. The molecule has 0 saturated carbocycles. The van der Waals surface area contributed by atoms with E-state index in [1.165, 1.54) is 35.1 Å². The average molecular weight is 337 g/mol. The molecule has 6 heteroatoms. The minimum atomic E-state index is 0.701. The number of thiophene rings is 1. The lowest BCUT2D eigenvalue weighted by atomic mass is 9.97. The van der Waals surface area contributed by atoms with Gasteiger partial charge in [0.05, 0.1) is 17.3 Å². The maximum absolute atomic E-state index is 4.47. The van der Waals surface area contributed by atoms with Crippen LogP contribution in [0.1, 0.15) is 34.5 Å². The highest BCUT2D eigenvalue weighted by molar-refractivity contribution is 7.19. The molecule has 0 aliphatic heterocycles. The van der Waals surface area contributed by atoms with Gasteiger partial charge in [-0.05, 0) is 37.3 Å². The van der Waals surface area contributed by atoms with Crippen LogP contribution in [0, 0.1) is 0 Å². The van der Waals surface area contributed by atoms with E-state index in [1.54, 1.807) is 18.6 Å². The van der Waals surface area contributed by atoms with Crippen molar-refractivity contribution in [3.63, 3.8) is 0 Å². The summed E-state index contributed by atoms with van der Waals surface area (Å²) in [4.78, 5) is 11.5. The van der Waals surface area contributed by atoms with Crippen molar-refractivity contribution in [3.05, 3.63) is 46.9 Å². The van der Waals surface area contributed by atoms with Crippen LogP contribution in [-0.4, -0.2) is 26.7 Å². The van der Waals surface area contributed by atoms with Crippen molar-refractivity contribution in [2.45, 2.75) is 25.7 Å². The van der Waals surface area contributed by atoms with Crippen LogP contribution in [0.15, 0.2) is 25.2 Å². The molecule has 0 saturated heterocycles. The molecule has 24 heavy (non-hydrogen) atoms. The monoisotopic (exact) mass is 337 g/mol. The van der Waals surface area contributed by atoms with Crippen LogP contribution in [0.3, 0.4) is 0 Å². The van der Waals surface area contributed by atoms with Crippen molar-refractivity contribution in [1.29, 1.82) is 0 Å². The molecule has 0 amide bonds. The molecule has 0 spiro atoms. The van der Waals surface area contributed by atoms with E-state index in [2.05, 4.69) is 38.1 Å². The summed E-state index contributed by atoms with van der Waals surface area (Å²) in [5.41, 5.74) is 3.42. The molecule has 1 aliphatic carbocycles. The molecule has 122 valence electrons. The number of hydrogen-bond donors (Lipinski definition) is 2. The van der Waals surface area contributed by atoms with Gasteiger partial charge in [0.15, 0.2) is 0 Å². The van der Waals surface area contributed by atoms with E-state index in [4.69, 9.17) is 0 Å². The Morgan fingerprint density at radius 2 is 2.21 bits per heavy atom. The summed E-state index contributed by atoms with van der Waals surface area (Å²) in [6, 6.07) is 0. The molecule has 3 aromatic rings. The summed E-state index contributed by atoms with van der Waals surface area (Å²) < 4.78 is 0. The highest BCUT2D eigenvalue weighted by Gasteiger charge is 2.19. The number of aromatic nitrogens is 4. The number of H-pyrrole nitrogens is 1. The zero-order valence-electron chi connectivity index (χ0n) is 13.4. The Hall–Kier alpha value is -2.47. The van der Waals surface area contributed by atoms with Crippen molar-refractivity contribution in [2.75, 3.05) is 11.9 Å². The summed E-state index contributed by atoms with van der Waals surface area (Å²) in [6.45, 7) is 4.48. The van der Waals surface area contributed by atoms with Crippen LogP contribution < -0.4 is 5.32 Å². The van der Waals surface area contributed by atoms with Crippen LogP contribution in [0.4, 0.5) is 5.82 Å². The Kier molecular flexibility index (Phi) is 4.13. The second-order valence-corrected chi connectivity index (χ2v) is 6.92. The standard InChI is InChI=1S/C18H19N5S/c1-2-12-10-22-23-14(12)7-5-9-19-17-16-13-6-3-4-8-15(13)24-18(16)21-11-20-17/h2,5,7,10-11H,1,3-4,6,8-9H2,(H,22,23)(H,19,20,21)/b7-5-. The molecule has 3 heterocycles. The van der Waals surface area contributed by atoms with E-state index < -0.39 is 0 Å². The molecule has 1 aliphatic rings. The van der Waals surface area contributed by atoms with Gasteiger partial charge in [0, 0.05) is 17.0 Å². The average Bonchev–Trinajstić information content (AvgIpc) is 3.22. The molecule has 0 fully saturated rings. The van der Waals surface area contributed by atoms with E-state index in [9.17, 15) is 0 Å². The van der Waals surface area contributed by atoms with E-state index in [0.717, 1.165) is 28.3 Å². The lowest BCUT2D eigenvalue weighted by molar-refractivity contribution is 0.700. The highest BCUT2D eigenvalue weighted by Crippen LogP contribution is 2.37. The summed E-state index contributed by atoms with van der Waals surface area (Å²) in [6.07, 6.45) is 14.2. The van der Waals surface area contributed by atoms with Crippen LogP contribution in [-0.2, 0) is 12.8 Å². The van der Waals surface area contributed by atoms with Crippen LogP contribution in [0.5, 0.6) is 0 Å². The molecule has 5 nitrogen and oxygen atoms in total. The molecule has 3 aromatic heterocycles. The number of nitrogens with one attached hydrogen (secondary N) is 2. The van der Waals surface area contributed by atoms with E-state index in [0.29, 0.717) is 6.54 Å². The number of nitrogens with zero attached hydrogens (tertiary/aromatic N) is 3. The van der Waals surface area contributed by atoms with Crippen molar-refractivity contribution in [2.24, 2.45) is 0 Å². The predicted molar refractivity (Wildman–Crippen MR) is 100 cm³/mol. The van der Waals surface area contributed by atoms with Gasteiger partial charge in [-0.25, -0.2) is 9.97 Å². The normalized spacial score (nSPS) is 14.2. The largest absolute Gasteiger partial charge is 0.366 e. The number of fused-ring (bicyclic) bond motifs is 3. The van der Waals surface area contributed by atoms with Gasteiger partial charge < -0.3 is 5.32 Å². The van der Waals surface area contributed by atoms with Crippen LogP contribution >= 0.6 is 11.3 Å². The highest BCUT2D eigenvalue weighted by atomic mass is 32.1. The van der Waals surface area contributed by atoms with Gasteiger partial charge in [0.2, 0.25) is 0 Å². The molecular formula is C18H19N5S. The van der Waals surface area contributed by atoms with Crippen molar-refractivity contribution in [3.8, 4) is 0 Å². The van der Waals surface area contributed by atoms with Gasteiger partial charge in [0.1, 0.15) is 17.0 Å². The lowest BCUT2D eigenvalue weighted by Gasteiger charge is -2.11. The molecular weight excluding hydrogens is 318 g/mol. The molecule has 4 rings (SSSR count). The van der Waals surface area contributed by atoms with Crippen molar-refractivity contribution in [1.82, 2.24) is 20.2 Å². The first kappa shape index (κ1) is 15.1. The first-order valence-corrected chi connectivity index (χ1v) is 9.00. The quantitative estimate of drug-likeness (QED) is 0.737. The summed E-state index contributed by atoms with van der Waals surface area (Å²) >= 11 is 1.82. The molecule has 2 N–H and O–H groups in total. The molecule has 0 unspecified atom stereocenters. The van der Waals surface area contributed by atoms with Gasteiger partial charge in [-0.3, -0.25) is 5.10 Å². The van der Waals surface area contributed by atoms with Gasteiger partial charge in [-0.1, -0.05) is 18.7 Å². The number of rotatable bonds is 5. The number of aryl methyl sites for hydroxylation is 2. The Bertz CT molecular complexity index is 905. The number of anilines is 1. The van der Waals surface area contributed by atoms with Gasteiger partial charge in [-0.15, -0.1) is 11.3 Å². The van der Waals surface area contributed by atoms with Crippen LogP contribution in [0.25, 0.3) is 22.4 Å². The smallest absolute Gasteiger partial charge is 0.138 e. The fraction of sp³-hybridized carbons (Fsp3) is 0.278. The van der Waals surface area contributed by atoms with Gasteiger partial charge in [-0.2, -0.15) is 5.10 Å². The van der Waals surface area contributed by atoms with E-state index in [1.807, 2.05) is 17.4 Å². The number of aromatic amines is 1. The third-order valence-corrected chi connectivity index (χ3v) is 5.54. The summed E-state index contributed by atoms with van der Waals surface area (Å²) in [5.74, 6) is 0.942. The SMILES string of the molecule is C=Cc1cn[nH]c1/C=C\CNc1ncnc2sc3c(c12)CCCC3. The Balaban J connectivity index is 1.54. The predicted octanol–water partition coefficient (Wildman–Crippen LogP) is 4.06. The van der Waals surface area contributed by atoms with Gasteiger partial charge in [0.25, 0.3) is 0 Å². The Morgan fingerprint density at radius 1 is 1.29 bits per heavy atom. The molecule has 0 bridgehead atoms. The summed E-state index contributed by atoms with van der Waals surface area (Å²) in [5, 5.41) is 11.6. The first-order valence-electron chi connectivity index (χ1n) is 8.18. The van der Waals surface area contributed by atoms with Gasteiger partial charge >= 0.3 is 0 Å². The van der Waals surface area contributed by atoms with Crippen LogP contribution in [0.2, 0.25) is 0 Å². The second-order valence-electron chi connectivity index (χ2n) is 5.84. The first-order chi connectivity index (χ1) is 11.9. The third kappa shape index (κ3) is 2.73. The third-order valence-electron chi connectivity index (χ3n) is 4.34. The minimum absolute atomic E-state index is 0.701. The van der Waals surface area contributed by atoms with E-state index >= 15 is 0 Å². The van der Waals surface area contributed by atoms with Crippen molar-refractivity contribution >= 4 is 39.5 Å². The zero-order valence-corrected chi connectivity index (χ0v) is 14.2. The Labute approximate surface area is 144 Å².